The predicted octanol–water partition coefficient (Wildman–Crippen LogP) is 3.16. The van der Waals surface area contributed by atoms with E-state index in [-0.39, 0.29) is 0 Å². The van der Waals surface area contributed by atoms with E-state index >= 15 is 0 Å². The predicted molar refractivity (Wildman–Crippen MR) is 48.3 cm³/mol. The molecule has 2 rings (SSSR count). The molecule has 0 bridgehead atoms. The van der Waals surface area contributed by atoms with Gasteiger partial charge in [-0.2, -0.15) is 0 Å². The second-order valence-corrected chi connectivity index (χ2v) is 4.24. The Kier molecular flexibility index (Phi) is 1.45. The molecule has 0 amide bonds. The molecule has 0 fully saturated rings. The van der Waals surface area contributed by atoms with E-state index in [1.807, 2.05) is 0 Å². The minimum absolute atomic E-state index is 0.492. The zero-order chi connectivity index (χ0) is 7.90. The summed E-state index contributed by atoms with van der Waals surface area (Å²) in [6.45, 7) is 4.68. The smallest absolute Gasteiger partial charge is 0.00982 e. The van der Waals surface area contributed by atoms with E-state index in [0.29, 0.717) is 5.41 Å². The summed E-state index contributed by atoms with van der Waals surface area (Å²) in [6, 6.07) is 0. The Morgan fingerprint density at radius 2 is 2.00 bits per heavy atom. The number of allylic oxidation sites excluding steroid dienone is 4. The summed E-state index contributed by atoms with van der Waals surface area (Å²) >= 11 is 0. The Balaban J connectivity index is 2.18. The van der Waals surface area contributed by atoms with Gasteiger partial charge in [0.1, 0.15) is 0 Å². The van der Waals surface area contributed by atoms with Gasteiger partial charge < -0.3 is 0 Å². The van der Waals surface area contributed by atoms with E-state index in [1.165, 1.54) is 12.8 Å². The van der Waals surface area contributed by atoms with E-state index in [1.54, 1.807) is 0 Å². The Labute approximate surface area is 69.0 Å². The van der Waals surface area contributed by atoms with Crippen molar-refractivity contribution in [2.24, 2.45) is 17.3 Å². The molecule has 0 aromatic carbocycles. The van der Waals surface area contributed by atoms with Crippen molar-refractivity contribution in [2.75, 3.05) is 0 Å². The van der Waals surface area contributed by atoms with Crippen molar-refractivity contribution in [1.29, 1.82) is 0 Å². The quantitative estimate of drug-likeness (QED) is 0.463. The summed E-state index contributed by atoms with van der Waals surface area (Å²) in [5.41, 5.74) is 0.492. The Hall–Kier alpha value is -0.520. The first kappa shape index (κ1) is 7.15. The fourth-order valence-electron chi connectivity index (χ4n) is 2.08. The van der Waals surface area contributed by atoms with Crippen LogP contribution in [0, 0.1) is 17.3 Å². The van der Waals surface area contributed by atoms with Crippen LogP contribution in [0.1, 0.15) is 26.7 Å². The van der Waals surface area contributed by atoms with Gasteiger partial charge in [-0.3, -0.25) is 0 Å². The Morgan fingerprint density at radius 3 is 2.45 bits per heavy atom. The summed E-state index contributed by atoms with van der Waals surface area (Å²) in [7, 11) is 0. The third kappa shape index (κ3) is 1.05. The maximum Gasteiger partial charge on any atom is 0.00982 e. The van der Waals surface area contributed by atoms with Crippen LogP contribution in [0.25, 0.3) is 0 Å². The molecule has 0 heteroatoms. The van der Waals surface area contributed by atoms with E-state index in [4.69, 9.17) is 0 Å². The van der Waals surface area contributed by atoms with Crippen molar-refractivity contribution in [2.45, 2.75) is 26.7 Å². The van der Waals surface area contributed by atoms with Crippen LogP contribution in [0.4, 0.5) is 0 Å². The van der Waals surface area contributed by atoms with Crippen molar-refractivity contribution in [3.05, 3.63) is 24.3 Å². The first-order chi connectivity index (χ1) is 5.22. The lowest BCUT2D eigenvalue weighted by atomic mass is 9.65. The number of hydrogen-bond donors (Lipinski definition) is 0. The van der Waals surface area contributed by atoms with Gasteiger partial charge in [0.05, 0.1) is 0 Å². The van der Waals surface area contributed by atoms with E-state index in [0.717, 1.165) is 11.8 Å². The minimum Gasteiger partial charge on any atom is -0.0865 e. The molecule has 2 aliphatic carbocycles. The summed E-state index contributed by atoms with van der Waals surface area (Å²) in [5.74, 6) is 1.65. The SMILES string of the molecule is CC1C=CC2(C=CC2)CC1C. The van der Waals surface area contributed by atoms with Crippen molar-refractivity contribution >= 4 is 0 Å². The molecule has 11 heavy (non-hydrogen) atoms. The van der Waals surface area contributed by atoms with Crippen LogP contribution in [-0.2, 0) is 0 Å². The molecule has 60 valence electrons. The van der Waals surface area contributed by atoms with Crippen molar-refractivity contribution in [1.82, 2.24) is 0 Å². The second kappa shape index (κ2) is 2.23. The molecule has 2 aliphatic rings. The molecule has 0 N–H and O–H groups in total. The van der Waals surface area contributed by atoms with E-state index in [9.17, 15) is 0 Å². The summed E-state index contributed by atoms with van der Waals surface area (Å²) in [5, 5.41) is 0. The average molecular weight is 148 g/mol. The molecular weight excluding hydrogens is 132 g/mol. The Morgan fingerprint density at radius 1 is 1.27 bits per heavy atom. The molecule has 1 spiro atoms. The lowest BCUT2D eigenvalue weighted by molar-refractivity contribution is 0.274. The number of hydrogen-bond acceptors (Lipinski definition) is 0. The fraction of sp³-hybridized carbons (Fsp3) is 0.636. The highest BCUT2D eigenvalue weighted by Crippen LogP contribution is 2.45. The van der Waals surface area contributed by atoms with Crippen molar-refractivity contribution < 1.29 is 0 Å². The molecule has 0 aromatic heterocycles. The van der Waals surface area contributed by atoms with Crippen LogP contribution < -0.4 is 0 Å². The average Bonchev–Trinajstić information content (AvgIpc) is 1.92. The monoisotopic (exact) mass is 148 g/mol. The summed E-state index contributed by atoms with van der Waals surface area (Å²) < 4.78 is 0. The van der Waals surface area contributed by atoms with E-state index < -0.39 is 0 Å². The first-order valence-electron chi connectivity index (χ1n) is 4.59. The highest BCUT2D eigenvalue weighted by molar-refractivity contribution is 5.24. The molecule has 3 atom stereocenters. The molecular formula is C11H16. The molecule has 0 saturated carbocycles. The topological polar surface area (TPSA) is 0 Å². The molecule has 0 radical (unpaired) electrons. The fourth-order valence-corrected chi connectivity index (χ4v) is 2.08. The maximum absolute atomic E-state index is 2.41. The van der Waals surface area contributed by atoms with E-state index in [2.05, 4.69) is 38.2 Å². The maximum atomic E-state index is 2.41. The van der Waals surface area contributed by atoms with Crippen LogP contribution in [0.3, 0.4) is 0 Å². The molecule has 0 nitrogen and oxygen atoms in total. The van der Waals surface area contributed by atoms with Gasteiger partial charge in [-0.05, 0) is 24.7 Å². The molecule has 0 heterocycles. The lowest BCUT2D eigenvalue weighted by Crippen LogP contribution is -2.29. The van der Waals surface area contributed by atoms with Crippen LogP contribution in [0.15, 0.2) is 24.3 Å². The van der Waals surface area contributed by atoms with Gasteiger partial charge in [0.25, 0.3) is 0 Å². The van der Waals surface area contributed by atoms with Gasteiger partial charge >= 0.3 is 0 Å². The number of rotatable bonds is 0. The van der Waals surface area contributed by atoms with Gasteiger partial charge in [-0.15, -0.1) is 0 Å². The van der Waals surface area contributed by atoms with Crippen LogP contribution in [-0.4, -0.2) is 0 Å². The third-order valence-corrected chi connectivity index (χ3v) is 3.28. The highest BCUT2D eigenvalue weighted by Gasteiger charge is 2.34. The van der Waals surface area contributed by atoms with Crippen LogP contribution >= 0.6 is 0 Å². The van der Waals surface area contributed by atoms with Gasteiger partial charge in [-0.25, -0.2) is 0 Å². The third-order valence-electron chi connectivity index (χ3n) is 3.28. The zero-order valence-electron chi connectivity index (χ0n) is 7.38. The zero-order valence-corrected chi connectivity index (χ0v) is 7.38. The highest BCUT2D eigenvalue weighted by atomic mass is 14.4. The van der Waals surface area contributed by atoms with Crippen LogP contribution in [0.2, 0.25) is 0 Å². The first-order valence-corrected chi connectivity index (χ1v) is 4.59. The minimum atomic E-state index is 0.492. The molecule has 0 aliphatic heterocycles. The summed E-state index contributed by atoms with van der Waals surface area (Å²) in [6.07, 6.45) is 12.1. The normalized spacial score (nSPS) is 47.8. The van der Waals surface area contributed by atoms with Crippen molar-refractivity contribution in [3.63, 3.8) is 0 Å². The molecule has 0 saturated heterocycles. The Bertz CT molecular complexity index is 212. The standard InChI is InChI=1S/C11H16/c1-9-4-7-11(5-3-6-11)8-10(9)2/h3-5,7,9-10H,6,8H2,1-2H3. The molecule has 0 aromatic rings. The molecule has 3 unspecified atom stereocenters. The van der Waals surface area contributed by atoms with Crippen LogP contribution in [0.5, 0.6) is 0 Å². The second-order valence-electron chi connectivity index (χ2n) is 4.24. The lowest BCUT2D eigenvalue weighted by Gasteiger charge is -2.40. The van der Waals surface area contributed by atoms with Gasteiger partial charge in [0.15, 0.2) is 0 Å². The van der Waals surface area contributed by atoms with Gasteiger partial charge in [0, 0.05) is 5.41 Å². The largest absolute Gasteiger partial charge is 0.0865 e. The van der Waals surface area contributed by atoms with Gasteiger partial charge in [0.2, 0.25) is 0 Å². The van der Waals surface area contributed by atoms with Gasteiger partial charge in [-0.1, -0.05) is 38.2 Å². The summed E-state index contributed by atoms with van der Waals surface area (Å²) in [4.78, 5) is 0. The van der Waals surface area contributed by atoms with Crippen molar-refractivity contribution in [3.8, 4) is 0 Å².